The molecule has 0 saturated carbocycles. The first-order chi connectivity index (χ1) is 7.58. The molecule has 0 N–H and O–H groups in total. The molecule has 1 rings (SSSR count). The molecule has 0 bridgehead atoms. The van der Waals surface area contributed by atoms with Gasteiger partial charge in [0.15, 0.2) is 5.78 Å². The molecule has 0 unspecified atom stereocenters. The number of hydrogen-bond donors (Lipinski definition) is 0. The van der Waals surface area contributed by atoms with Crippen LogP contribution in [0.25, 0.3) is 0 Å². The summed E-state index contributed by atoms with van der Waals surface area (Å²) in [5.41, 5.74) is 1.47. The number of esters is 1. The maximum Gasteiger partial charge on any atom is 0.310 e. The maximum atomic E-state index is 11.4. The summed E-state index contributed by atoms with van der Waals surface area (Å²) < 4.78 is 5.34. The summed E-state index contributed by atoms with van der Waals surface area (Å²) in [5.74, 6) is -0.208. The Hall–Kier alpha value is -1.16. The van der Waals surface area contributed by atoms with Gasteiger partial charge in [0.05, 0.1) is 13.5 Å². The third-order valence-electron chi connectivity index (χ3n) is 2.26. The topological polar surface area (TPSA) is 43.4 Å². The van der Waals surface area contributed by atoms with Crippen molar-refractivity contribution in [3.05, 3.63) is 33.8 Å². The lowest BCUT2D eigenvalue weighted by Gasteiger charge is -2.05. The molecule has 1 aromatic carbocycles. The Kier molecular flexibility index (Phi) is 4.68. The lowest BCUT2D eigenvalue weighted by Crippen LogP contribution is -2.06. The van der Waals surface area contributed by atoms with E-state index in [0.29, 0.717) is 12.0 Å². The maximum absolute atomic E-state index is 11.4. The number of rotatable bonds is 4. The first kappa shape index (κ1) is 12.9. The minimum Gasteiger partial charge on any atom is -0.469 e. The summed E-state index contributed by atoms with van der Waals surface area (Å²) >= 11 is 3.34. The summed E-state index contributed by atoms with van der Waals surface area (Å²) in [7, 11) is 1.35. The van der Waals surface area contributed by atoms with E-state index in [9.17, 15) is 9.59 Å². The van der Waals surface area contributed by atoms with E-state index in [1.165, 1.54) is 7.11 Å². The van der Waals surface area contributed by atoms with E-state index in [4.69, 9.17) is 0 Å². The van der Waals surface area contributed by atoms with Gasteiger partial charge in [-0.1, -0.05) is 35.0 Å². The fourth-order valence-corrected chi connectivity index (χ4v) is 1.81. The van der Waals surface area contributed by atoms with Crippen molar-refractivity contribution in [2.75, 3.05) is 7.11 Å². The highest BCUT2D eigenvalue weighted by atomic mass is 79.9. The Balaban J connectivity index is 2.91. The second-order valence-corrected chi connectivity index (χ2v) is 4.19. The van der Waals surface area contributed by atoms with Gasteiger partial charge in [0.2, 0.25) is 0 Å². The first-order valence-corrected chi connectivity index (χ1v) is 5.76. The van der Waals surface area contributed by atoms with Crippen LogP contribution in [0.2, 0.25) is 0 Å². The van der Waals surface area contributed by atoms with E-state index in [1.54, 1.807) is 18.2 Å². The molecule has 0 saturated heterocycles. The van der Waals surface area contributed by atoms with Gasteiger partial charge in [-0.3, -0.25) is 9.59 Å². The molecule has 0 atom stereocenters. The molecule has 3 nitrogen and oxygen atoms in total. The molecule has 1 aromatic rings. The predicted molar refractivity (Wildman–Crippen MR) is 64.5 cm³/mol. The second kappa shape index (κ2) is 5.80. The number of Topliss-reactive ketones (excluding diaryl/α,β-unsaturated/α-hetero) is 1. The summed E-state index contributed by atoms with van der Waals surface area (Å²) in [6.07, 6.45) is 0.681. The Labute approximate surface area is 103 Å². The zero-order chi connectivity index (χ0) is 12.1. The molecule has 0 aliphatic carbocycles. The highest BCUT2D eigenvalue weighted by molar-refractivity contribution is 9.10. The van der Waals surface area contributed by atoms with Crippen molar-refractivity contribution in [3.8, 4) is 0 Å². The lowest BCUT2D eigenvalue weighted by atomic mass is 10.1. The van der Waals surface area contributed by atoms with Crippen LogP contribution >= 0.6 is 15.9 Å². The largest absolute Gasteiger partial charge is 0.469 e. The van der Waals surface area contributed by atoms with Gasteiger partial charge in [0.1, 0.15) is 0 Å². The van der Waals surface area contributed by atoms with Crippen molar-refractivity contribution in [2.45, 2.75) is 19.8 Å². The zero-order valence-corrected chi connectivity index (χ0v) is 10.8. The molecule has 0 amide bonds. The highest BCUT2D eigenvalue weighted by Gasteiger charge is 2.09. The van der Waals surface area contributed by atoms with Gasteiger partial charge in [0.25, 0.3) is 0 Å². The monoisotopic (exact) mass is 284 g/mol. The zero-order valence-electron chi connectivity index (χ0n) is 9.25. The summed E-state index contributed by atoms with van der Waals surface area (Å²) in [6.45, 7) is 1.82. The fourth-order valence-electron chi connectivity index (χ4n) is 1.30. The molecule has 0 spiro atoms. The van der Waals surface area contributed by atoms with Gasteiger partial charge in [-0.2, -0.15) is 0 Å². The summed E-state index contributed by atoms with van der Waals surface area (Å²) in [5, 5.41) is 0. The van der Waals surface area contributed by atoms with Crippen molar-refractivity contribution in [1.82, 2.24) is 0 Å². The predicted octanol–water partition coefficient (Wildman–Crippen LogP) is 2.76. The number of carbonyl (C=O) groups is 2. The van der Waals surface area contributed by atoms with E-state index in [2.05, 4.69) is 20.7 Å². The quantitative estimate of drug-likeness (QED) is 0.631. The number of ketones is 1. The van der Waals surface area contributed by atoms with Gasteiger partial charge >= 0.3 is 5.97 Å². The van der Waals surface area contributed by atoms with E-state index < -0.39 is 0 Å². The van der Waals surface area contributed by atoms with Crippen LogP contribution in [0.1, 0.15) is 29.3 Å². The molecule has 0 aliphatic heterocycles. The van der Waals surface area contributed by atoms with Gasteiger partial charge in [0, 0.05) is 16.5 Å². The SMILES string of the molecule is CCC(=O)c1ccc(CC(=O)OC)c(Br)c1. The third kappa shape index (κ3) is 3.17. The number of ether oxygens (including phenoxy) is 1. The molecule has 86 valence electrons. The number of carbonyl (C=O) groups excluding carboxylic acids is 2. The van der Waals surface area contributed by atoms with Gasteiger partial charge in [-0.25, -0.2) is 0 Å². The second-order valence-electron chi connectivity index (χ2n) is 3.34. The first-order valence-electron chi connectivity index (χ1n) is 4.97. The van der Waals surface area contributed by atoms with E-state index in [1.807, 2.05) is 6.92 Å². The number of benzene rings is 1. The number of halogens is 1. The van der Waals surface area contributed by atoms with E-state index in [-0.39, 0.29) is 18.2 Å². The van der Waals surface area contributed by atoms with Crippen LogP contribution in [0.15, 0.2) is 22.7 Å². The smallest absolute Gasteiger partial charge is 0.310 e. The van der Waals surface area contributed by atoms with Crippen LogP contribution in [-0.2, 0) is 16.0 Å². The van der Waals surface area contributed by atoms with Crippen molar-refractivity contribution in [3.63, 3.8) is 0 Å². The van der Waals surface area contributed by atoms with Gasteiger partial charge in [-0.05, 0) is 11.6 Å². The molecular formula is C12H13BrO3. The normalized spacial score (nSPS) is 9.94. The molecule has 4 heteroatoms. The summed E-state index contributed by atoms with van der Waals surface area (Å²) in [4.78, 5) is 22.5. The standard InChI is InChI=1S/C12H13BrO3/c1-3-11(14)9-5-4-8(10(13)6-9)7-12(15)16-2/h4-6H,3,7H2,1-2H3. The Morgan fingerprint density at radius 3 is 2.56 bits per heavy atom. The molecule has 0 radical (unpaired) electrons. The third-order valence-corrected chi connectivity index (χ3v) is 3.00. The van der Waals surface area contributed by atoms with Crippen molar-refractivity contribution < 1.29 is 14.3 Å². The molecule has 16 heavy (non-hydrogen) atoms. The van der Waals surface area contributed by atoms with Crippen LogP contribution in [0, 0.1) is 0 Å². The Bertz CT molecular complexity index is 413. The van der Waals surface area contributed by atoms with E-state index in [0.717, 1.165) is 10.0 Å². The number of methoxy groups -OCH3 is 1. The minimum absolute atomic E-state index is 0.0883. The van der Waals surface area contributed by atoms with E-state index >= 15 is 0 Å². The van der Waals surface area contributed by atoms with Gasteiger partial charge < -0.3 is 4.74 Å². The molecule has 0 heterocycles. The van der Waals surface area contributed by atoms with Crippen LogP contribution in [0.4, 0.5) is 0 Å². The number of hydrogen-bond acceptors (Lipinski definition) is 3. The summed E-state index contributed by atoms with van der Waals surface area (Å²) in [6, 6.07) is 5.24. The highest BCUT2D eigenvalue weighted by Crippen LogP contribution is 2.20. The fraction of sp³-hybridized carbons (Fsp3) is 0.333. The minimum atomic E-state index is -0.296. The van der Waals surface area contributed by atoms with Crippen LogP contribution in [-0.4, -0.2) is 18.9 Å². The van der Waals surface area contributed by atoms with Gasteiger partial charge in [-0.15, -0.1) is 0 Å². The molecule has 0 aromatic heterocycles. The average Bonchev–Trinajstić information content (AvgIpc) is 2.30. The molecule has 0 aliphatic rings. The van der Waals surface area contributed by atoms with Crippen molar-refractivity contribution >= 4 is 27.7 Å². The van der Waals surface area contributed by atoms with Crippen molar-refractivity contribution in [2.24, 2.45) is 0 Å². The molecule has 0 fully saturated rings. The Morgan fingerprint density at radius 2 is 2.06 bits per heavy atom. The van der Waals surface area contributed by atoms with Crippen LogP contribution in [0.3, 0.4) is 0 Å². The average molecular weight is 285 g/mol. The van der Waals surface area contributed by atoms with Crippen LogP contribution in [0.5, 0.6) is 0 Å². The van der Waals surface area contributed by atoms with Crippen molar-refractivity contribution in [1.29, 1.82) is 0 Å². The van der Waals surface area contributed by atoms with Crippen LogP contribution < -0.4 is 0 Å². The Morgan fingerprint density at radius 1 is 1.38 bits per heavy atom. The molecular weight excluding hydrogens is 272 g/mol. The lowest BCUT2D eigenvalue weighted by molar-refractivity contribution is -0.139.